The van der Waals surface area contributed by atoms with Crippen LogP contribution >= 0.6 is 0 Å². The molecule has 0 bridgehead atoms. The third-order valence-corrected chi connectivity index (χ3v) is 4.20. The highest BCUT2D eigenvalue weighted by Crippen LogP contribution is 2.24. The van der Waals surface area contributed by atoms with Gasteiger partial charge in [0.15, 0.2) is 0 Å². The van der Waals surface area contributed by atoms with Gasteiger partial charge in [0.2, 0.25) is 0 Å². The zero-order chi connectivity index (χ0) is 12.1. The maximum atomic E-state index is 3.61. The third-order valence-electron chi connectivity index (χ3n) is 4.20. The van der Waals surface area contributed by atoms with Crippen LogP contribution in [0.15, 0.2) is 0 Å². The van der Waals surface area contributed by atoms with E-state index in [9.17, 15) is 0 Å². The van der Waals surface area contributed by atoms with Crippen LogP contribution in [-0.4, -0.2) is 36.6 Å². The molecule has 1 fully saturated rings. The van der Waals surface area contributed by atoms with E-state index in [-0.39, 0.29) is 0 Å². The lowest BCUT2D eigenvalue weighted by molar-refractivity contribution is 0.229. The summed E-state index contributed by atoms with van der Waals surface area (Å²) in [7, 11) is 0. The molecule has 3 atom stereocenters. The monoisotopic (exact) mass is 226 g/mol. The molecule has 0 saturated carbocycles. The zero-order valence-electron chi connectivity index (χ0n) is 11.8. The van der Waals surface area contributed by atoms with E-state index in [1.54, 1.807) is 0 Å². The minimum Gasteiger partial charge on any atom is -0.313 e. The summed E-state index contributed by atoms with van der Waals surface area (Å²) in [5, 5.41) is 3.61. The Morgan fingerprint density at radius 3 is 2.44 bits per heavy atom. The lowest BCUT2D eigenvalue weighted by Gasteiger charge is -2.26. The molecule has 2 nitrogen and oxygen atoms in total. The van der Waals surface area contributed by atoms with Crippen molar-refractivity contribution >= 4 is 0 Å². The van der Waals surface area contributed by atoms with Crippen LogP contribution in [0.25, 0.3) is 0 Å². The summed E-state index contributed by atoms with van der Waals surface area (Å²) in [6, 6.07) is 1.35. The summed E-state index contributed by atoms with van der Waals surface area (Å²) < 4.78 is 0. The molecule has 0 aliphatic carbocycles. The van der Waals surface area contributed by atoms with Crippen molar-refractivity contribution < 1.29 is 0 Å². The van der Waals surface area contributed by atoms with Crippen LogP contribution in [0.2, 0.25) is 0 Å². The van der Waals surface area contributed by atoms with Crippen LogP contribution in [0, 0.1) is 11.8 Å². The molecule has 1 aliphatic heterocycles. The fourth-order valence-corrected chi connectivity index (χ4v) is 2.41. The highest BCUT2D eigenvalue weighted by molar-refractivity contribution is 4.82. The molecule has 2 heteroatoms. The van der Waals surface area contributed by atoms with Crippen molar-refractivity contribution in [3.63, 3.8) is 0 Å². The number of hydrogen-bond acceptors (Lipinski definition) is 2. The average molecular weight is 226 g/mol. The summed E-state index contributed by atoms with van der Waals surface area (Å²) in [6.45, 7) is 15.3. The minimum atomic E-state index is 0.658. The first-order valence-electron chi connectivity index (χ1n) is 7.02. The summed E-state index contributed by atoms with van der Waals surface area (Å²) in [5.41, 5.74) is 0. The van der Waals surface area contributed by atoms with Crippen LogP contribution < -0.4 is 5.32 Å². The van der Waals surface area contributed by atoms with Gasteiger partial charge in [0, 0.05) is 25.2 Å². The van der Waals surface area contributed by atoms with E-state index < -0.39 is 0 Å². The minimum absolute atomic E-state index is 0.658. The molecule has 16 heavy (non-hydrogen) atoms. The molecule has 1 N–H and O–H groups in total. The second-order valence-corrected chi connectivity index (χ2v) is 5.85. The molecule has 0 radical (unpaired) electrons. The van der Waals surface area contributed by atoms with Crippen LogP contribution in [0.4, 0.5) is 0 Å². The Morgan fingerprint density at radius 2 is 1.94 bits per heavy atom. The van der Waals surface area contributed by atoms with Crippen molar-refractivity contribution in [1.29, 1.82) is 0 Å². The standard InChI is InChI=1S/C14H30N2/c1-6-12(4)15-9-13(5)16-8-7-14(10-16)11(2)3/h11-15H,6-10H2,1-5H3. The normalized spacial score (nSPS) is 26.2. The van der Waals surface area contributed by atoms with Crippen molar-refractivity contribution in [2.75, 3.05) is 19.6 Å². The molecule has 0 spiro atoms. The number of nitrogens with zero attached hydrogens (tertiary/aromatic N) is 1. The molecular formula is C14H30N2. The Labute approximate surface area is 102 Å². The Balaban J connectivity index is 2.25. The predicted octanol–water partition coefficient (Wildman–Crippen LogP) is 2.74. The van der Waals surface area contributed by atoms with Gasteiger partial charge in [-0.05, 0) is 45.1 Å². The molecule has 1 saturated heterocycles. The van der Waals surface area contributed by atoms with Crippen molar-refractivity contribution in [2.24, 2.45) is 11.8 Å². The van der Waals surface area contributed by atoms with Gasteiger partial charge < -0.3 is 5.32 Å². The molecular weight excluding hydrogens is 196 g/mol. The van der Waals surface area contributed by atoms with E-state index in [0.717, 1.165) is 18.4 Å². The van der Waals surface area contributed by atoms with Gasteiger partial charge in [-0.25, -0.2) is 0 Å². The molecule has 96 valence electrons. The van der Waals surface area contributed by atoms with Crippen LogP contribution in [-0.2, 0) is 0 Å². The van der Waals surface area contributed by atoms with Crippen LogP contribution in [0.5, 0.6) is 0 Å². The summed E-state index contributed by atoms with van der Waals surface area (Å²) in [6.07, 6.45) is 2.62. The Hall–Kier alpha value is -0.0800. The first-order chi connectivity index (χ1) is 7.54. The molecule has 1 rings (SSSR count). The fourth-order valence-electron chi connectivity index (χ4n) is 2.41. The Kier molecular flexibility index (Phi) is 5.77. The number of nitrogens with one attached hydrogen (secondary N) is 1. The van der Waals surface area contributed by atoms with Crippen molar-refractivity contribution in [2.45, 2.75) is 59.5 Å². The Bertz CT molecular complexity index is 191. The predicted molar refractivity (Wildman–Crippen MR) is 71.7 cm³/mol. The number of rotatable bonds is 6. The van der Waals surface area contributed by atoms with Gasteiger partial charge in [0.05, 0.1) is 0 Å². The second-order valence-electron chi connectivity index (χ2n) is 5.85. The molecule has 1 heterocycles. The summed E-state index contributed by atoms with van der Waals surface area (Å²) >= 11 is 0. The van der Waals surface area contributed by atoms with Gasteiger partial charge in [-0.1, -0.05) is 20.8 Å². The first-order valence-corrected chi connectivity index (χ1v) is 7.02. The smallest absolute Gasteiger partial charge is 0.0192 e. The van der Waals surface area contributed by atoms with Gasteiger partial charge in [-0.3, -0.25) is 4.90 Å². The maximum absolute atomic E-state index is 3.61. The van der Waals surface area contributed by atoms with Crippen molar-refractivity contribution in [3.8, 4) is 0 Å². The maximum Gasteiger partial charge on any atom is 0.0192 e. The van der Waals surface area contributed by atoms with E-state index in [1.807, 2.05) is 0 Å². The van der Waals surface area contributed by atoms with E-state index >= 15 is 0 Å². The molecule has 3 unspecified atom stereocenters. The SMILES string of the molecule is CCC(C)NCC(C)N1CCC(C(C)C)C1. The number of hydrogen-bond donors (Lipinski definition) is 1. The van der Waals surface area contributed by atoms with Crippen molar-refractivity contribution in [3.05, 3.63) is 0 Å². The molecule has 0 aromatic rings. The van der Waals surface area contributed by atoms with Gasteiger partial charge >= 0.3 is 0 Å². The third kappa shape index (κ3) is 4.06. The summed E-state index contributed by atoms with van der Waals surface area (Å²) in [5.74, 6) is 1.77. The Morgan fingerprint density at radius 1 is 1.25 bits per heavy atom. The molecule has 0 amide bonds. The highest BCUT2D eigenvalue weighted by Gasteiger charge is 2.27. The number of likely N-dealkylation sites (tertiary alicyclic amines) is 1. The second kappa shape index (κ2) is 6.61. The summed E-state index contributed by atoms with van der Waals surface area (Å²) in [4.78, 5) is 2.65. The van der Waals surface area contributed by atoms with Gasteiger partial charge in [-0.15, -0.1) is 0 Å². The first kappa shape index (κ1) is 14.0. The van der Waals surface area contributed by atoms with Crippen LogP contribution in [0.1, 0.15) is 47.5 Å². The van der Waals surface area contributed by atoms with Gasteiger partial charge in [0.1, 0.15) is 0 Å². The quantitative estimate of drug-likeness (QED) is 0.749. The van der Waals surface area contributed by atoms with E-state index in [4.69, 9.17) is 0 Å². The zero-order valence-corrected chi connectivity index (χ0v) is 11.8. The topological polar surface area (TPSA) is 15.3 Å². The molecule has 0 aromatic heterocycles. The lowest BCUT2D eigenvalue weighted by Crippen LogP contribution is -2.41. The average Bonchev–Trinajstić information content (AvgIpc) is 2.74. The van der Waals surface area contributed by atoms with Gasteiger partial charge in [-0.2, -0.15) is 0 Å². The van der Waals surface area contributed by atoms with Crippen LogP contribution in [0.3, 0.4) is 0 Å². The van der Waals surface area contributed by atoms with E-state index in [0.29, 0.717) is 12.1 Å². The molecule has 0 aromatic carbocycles. The molecule has 1 aliphatic rings. The highest BCUT2D eigenvalue weighted by atomic mass is 15.2. The van der Waals surface area contributed by atoms with Gasteiger partial charge in [0.25, 0.3) is 0 Å². The van der Waals surface area contributed by atoms with E-state index in [1.165, 1.54) is 25.9 Å². The van der Waals surface area contributed by atoms with E-state index in [2.05, 4.69) is 44.8 Å². The van der Waals surface area contributed by atoms with Crippen molar-refractivity contribution in [1.82, 2.24) is 10.2 Å². The lowest BCUT2D eigenvalue weighted by atomic mass is 9.95. The fraction of sp³-hybridized carbons (Fsp3) is 1.00. The largest absolute Gasteiger partial charge is 0.313 e.